The van der Waals surface area contributed by atoms with Crippen molar-refractivity contribution in [2.75, 3.05) is 45.8 Å². The Morgan fingerprint density at radius 2 is 1.54 bits per heavy atom. The maximum Gasteiger partial charge on any atom is 0.257 e. The van der Waals surface area contributed by atoms with E-state index < -0.39 is 11.8 Å². The van der Waals surface area contributed by atoms with Gasteiger partial charge in [0, 0.05) is 70.0 Å². The third kappa shape index (κ3) is 4.62. The average molecular weight is 538 g/mol. The van der Waals surface area contributed by atoms with Crippen molar-refractivity contribution in [1.29, 1.82) is 0 Å². The molecule has 2 amide bonds. The standard InChI is InChI=1S/C30H37F2N5O2/c1-19(29(25-7-5-4-6-8-25)16-37(17-29)27(38)22-9-30(31,32)10-22)11-35-12-23-14-36(15-24(23)13-35)28(39)26-20(2)33-18-34-21(26)3/h4-8,18-19,22-24H,9-17H2,1-3H3. The largest absolute Gasteiger partial charge is 0.341 e. The molecule has 2 aromatic rings. The lowest BCUT2D eigenvalue weighted by Crippen LogP contribution is -2.67. The maximum absolute atomic E-state index is 13.4. The maximum atomic E-state index is 13.4. The number of carbonyl (C=O) groups excluding carboxylic acids is 2. The fourth-order valence-corrected chi connectivity index (χ4v) is 7.46. The predicted molar refractivity (Wildman–Crippen MR) is 142 cm³/mol. The van der Waals surface area contributed by atoms with Crippen LogP contribution in [0.3, 0.4) is 0 Å². The van der Waals surface area contributed by atoms with Crippen LogP contribution in [0.5, 0.6) is 0 Å². The van der Waals surface area contributed by atoms with E-state index >= 15 is 0 Å². The number of hydrogen-bond acceptors (Lipinski definition) is 5. The molecule has 3 atom stereocenters. The summed E-state index contributed by atoms with van der Waals surface area (Å²) in [6.07, 6.45) is 0.871. The molecule has 6 rings (SSSR count). The quantitative estimate of drug-likeness (QED) is 0.564. The highest BCUT2D eigenvalue weighted by Gasteiger charge is 2.56. The normalized spacial score (nSPS) is 26.6. The molecule has 208 valence electrons. The van der Waals surface area contributed by atoms with Crippen molar-refractivity contribution in [1.82, 2.24) is 24.7 Å². The van der Waals surface area contributed by atoms with Gasteiger partial charge in [-0.05, 0) is 37.2 Å². The number of likely N-dealkylation sites (tertiary alicyclic amines) is 3. The number of hydrogen-bond donors (Lipinski definition) is 0. The lowest BCUT2D eigenvalue weighted by atomic mass is 9.64. The van der Waals surface area contributed by atoms with Gasteiger partial charge in [-0.2, -0.15) is 0 Å². The number of aromatic nitrogens is 2. The second-order valence-corrected chi connectivity index (χ2v) is 12.4. The Kier molecular flexibility index (Phi) is 6.48. The lowest BCUT2D eigenvalue weighted by Gasteiger charge is -2.56. The Bertz CT molecular complexity index is 1220. The summed E-state index contributed by atoms with van der Waals surface area (Å²) >= 11 is 0. The first-order valence-corrected chi connectivity index (χ1v) is 14.1. The third-order valence-electron chi connectivity index (χ3n) is 9.81. The molecular weight excluding hydrogens is 500 g/mol. The summed E-state index contributed by atoms with van der Waals surface area (Å²) in [4.78, 5) is 40.9. The van der Waals surface area contributed by atoms with Gasteiger partial charge in [-0.25, -0.2) is 18.7 Å². The third-order valence-corrected chi connectivity index (χ3v) is 9.81. The first-order valence-electron chi connectivity index (χ1n) is 14.1. The van der Waals surface area contributed by atoms with E-state index in [0.717, 1.165) is 44.1 Å². The fraction of sp³-hybridized carbons (Fsp3) is 0.600. The van der Waals surface area contributed by atoms with Gasteiger partial charge in [0.2, 0.25) is 11.8 Å². The smallest absolute Gasteiger partial charge is 0.257 e. The molecule has 0 spiro atoms. The topological polar surface area (TPSA) is 69.6 Å². The summed E-state index contributed by atoms with van der Waals surface area (Å²) in [5.74, 6) is -2.13. The van der Waals surface area contributed by atoms with Crippen LogP contribution in [0, 0.1) is 37.5 Å². The van der Waals surface area contributed by atoms with E-state index in [2.05, 4.69) is 33.9 Å². The van der Waals surface area contributed by atoms with Crippen molar-refractivity contribution >= 4 is 11.8 Å². The minimum absolute atomic E-state index is 0.0337. The zero-order valence-electron chi connectivity index (χ0n) is 22.9. The van der Waals surface area contributed by atoms with Gasteiger partial charge in [-0.3, -0.25) is 9.59 Å². The molecule has 4 aliphatic rings. The van der Waals surface area contributed by atoms with E-state index in [1.54, 1.807) is 4.90 Å². The first-order chi connectivity index (χ1) is 18.6. The minimum atomic E-state index is -2.68. The molecule has 7 nitrogen and oxygen atoms in total. The van der Waals surface area contributed by atoms with Crippen LogP contribution in [0.4, 0.5) is 8.78 Å². The summed E-state index contributed by atoms with van der Waals surface area (Å²) in [5, 5.41) is 0. The van der Waals surface area contributed by atoms with Crippen molar-refractivity contribution in [3.63, 3.8) is 0 Å². The molecule has 1 aliphatic carbocycles. The van der Waals surface area contributed by atoms with Gasteiger partial charge in [-0.15, -0.1) is 0 Å². The Hall–Kier alpha value is -2.94. The van der Waals surface area contributed by atoms with E-state index in [0.29, 0.717) is 30.5 Å². The Balaban J connectivity index is 1.09. The molecule has 0 radical (unpaired) electrons. The van der Waals surface area contributed by atoms with E-state index in [4.69, 9.17) is 0 Å². The van der Waals surface area contributed by atoms with Crippen molar-refractivity contribution in [3.8, 4) is 0 Å². The molecule has 0 bridgehead atoms. The second-order valence-electron chi connectivity index (χ2n) is 12.4. The molecule has 3 aliphatic heterocycles. The molecule has 4 fully saturated rings. The highest BCUT2D eigenvalue weighted by atomic mass is 19.3. The van der Waals surface area contributed by atoms with Crippen molar-refractivity contribution < 1.29 is 18.4 Å². The molecule has 3 unspecified atom stereocenters. The van der Waals surface area contributed by atoms with Crippen molar-refractivity contribution in [2.45, 2.75) is 45.0 Å². The molecule has 3 saturated heterocycles. The summed E-state index contributed by atoms with van der Waals surface area (Å²) in [6.45, 7) is 11.5. The first kappa shape index (κ1) is 26.3. The number of alkyl halides is 2. The monoisotopic (exact) mass is 537 g/mol. The Morgan fingerprint density at radius 3 is 2.10 bits per heavy atom. The van der Waals surface area contributed by atoms with E-state index in [-0.39, 0.29) is 36.0 Å². The molecule has 1 saturated carbocycles. The van der Waals surface area contributed by atoms with Crippen molar-refractivity contribution in [3.05, 3.63) is 59.2 Å². The zero-order valence-corrected chi connectivity index (χ0v) is 22.9. The molecule has 4 heterocycles. The van der Waals surface area contributed by atoms with E-state index in [9.17, 15) is 18.4 Å². The molecular formula is C30H37F2N5O2. The van der Waals surface area contributed by atoms with Crippen LogP contribution in [0.25, 0.3) is 0 Å². The predicted octanol–water partition coefficient (Wildman–Crippen LogP) is 3.56. The lowest BCUT2D eigenvalue weighted by molar-refractivity contribution is -0.168. The Labute approximate surface area is 228 Å². The van der Waals surface area contributed by atoms with Crippen LogP contribution >= 0.6 is 0 Å². The summed E-state index contributed by atoms with van der Waals surface area (Å²) in [6, 6.07) is 10.3. The van der Waals surface area contributed by atoms with Crippen LogP contribution in [0.15, 0.2) is 36.7 Å². The highest BCUT2D eigenvalue weighted by Crippen LogP contribution is 2.47. The molecule has 9 heteroatoms. The van der Waals surface area contributed by atoms with Crippen LogP contribution in [0.2, 0.25) is 0 Å². The number of nitrogens with zero attached hydrogens (tertiary/aromatic N) is 5. The van der Waals surface area contributed by atoms with Crippen LogP contribution < -0.4 is 0 Å². The molecule has 1 aromatic carbocycles. The van der Waals surface area contributed by atoms with Crippen LogP contribution in [-0.2, 0) is 10.2 Å². The van der Waals surface area contributed by atoms with Gasteiger partial charge in [0.15, 0.2) is 0 Å². The van der Waals surface area contributed by atoms with Gasteiger partial charge in [0.1, 0.15) is 6.33 Å². The van der Waals surface area contributed by atoms with Gasteiger partial charge in [-0.1, -0.05) is 37.3 Å². The fourth-order valence-electron chi connectivity index (χ4n) is 7.46. The number of carbonyl (C=O) groups is 2. The SMILES string of the molecule is Cc1ncnc(C)c1C(=O)N1CC2CN(CC(C)C3(c4ccccc4)CN(C(=O)C4CC(F)(F)C4)C3)CC2C1. The van der Waals surface area contributed by atoms with Crippen molar-refractivity contribution in [2.24, 2.45) is 23.7 Å². The molecule has 39 heavy (non-hydrogen) atoms. The number of halogens is 2. The van der Waals surface area contributed by atoms with Gasteiger partial charge >= 0.3 is 0 Å². The highest BCUT2D eigenvalue weighted by molar-refractivity contribution is 5.96. The summed E-state index contributed by atoms with van der Waals surface area (Å²) < 4.78 is 26.8. The number of fused-ring (bicyclic) bond motifs is 1. The van der Waals surface area contributed by atoms with Crippen LogP contribution in [0.1, 0.15) is 47.1 Å². The second kappa shape index (κ2) is 9.61. The minimum Gasteiger partial charge on any atom is -0.341 e. The number of benzene rings is 1. The number of rotatable bonds is 6. The van der Waals surface area contributed by atoms with E-state index in [1.165, 1.54) is 11.9 Å². The van der Waals surface area contributed by atoms with Gasteiger partial charge in [0.05, 0.1) is 17.0 Å². The summed E-state index contributed by atoms with van der Waals surface area (Å²) in [5.41, 5.74) is 3.12. The van der Waals surface area contributed by atoms with E-state index in [1.807, 2.05) is 36.9 Å². The summed E-state index contributed by atoms with van der Waals surface area (Å²) in [7, 11) is 0. The zero-order chi connectivity index (χ0) is 27.5. The number of amides is 2. The van der Waals surface area contributed by atoms with Crippen LogP contribution in [-0.4, -0.2) is 88.2 Å². The molecule has 0 N–H and O–H groups in total. The molecule has 1 aromatic heterocycles. The van der Waals surface area contributed by atoms with Gasteiger partial charge < -0.3 is 14.7 Å². The average Bonchev–Trinajstić information content (AvgIpc) is 3.41. The Morgan fingerprint density at radius 1 is 0.949 bits per heavy atom. The number of aryl methyl sites for hydroxylation is 2. The van der Waals surface area contributed by atoms with Gasteiger partial charge in [0.25, 0.3) is 5.91 Å².